The number of hydrogen-bond acceptors (Lipinski definition) is 11. The lowest BCUT2D eigenvalue weighted by molar-refractivity contribution is -0.142. The summed E-state index contributed by atoms with van der Waals surface area (Å²) in [5, 5.41) is 18.9. The van der Waals surface area contributed by atoms with Crippen LogP contribution >= 0.6 is 23.5 Å². The first-order valence-electron chi connectivity index (χ1n) is 8.66. The number of oxime groups is 1. The molecule has 2 rings (SSSR count). The van der Waals surface area contributed by atoms with E-state index in [0.717, 1.165) is 5.57 Å². The minimum Gasteiger partial charge on any atom is -0.479 e. The van der Waals surface area contributed by atoms with Gasteiger partial charge in [0.25, 0.3) is 5.91 Å². The molecule has 2 heterocycles. The van der Waals surface area contributed by atoms with E-state index in [2.05, 4.69) is 20.6 Å². The van der Waals surface area contributed by atoms with Crippen LogP contribution in [0.3, 0.4) is 0 Å². The molecule has 3 atom stereocenters. The van der Waals surface area contributed by atoms with Crippen LogP contribution in [0, 0.1) is 0 Å². The molecule has 2 aliphatic heterocycles. The van der Waals surface area contributed by atoms with Crippen molar-refractivity contribution in [2.24, 2.45) is 16.6 Å². The molecular formula is C16H23N5O6S2. The van der Waals surface area contributed by atoms with E-state index in [1.807, 2.05) is 6.92 Å². The molecule has 13 heteroatoms. The third-order valence-corrected chi connectivity index (χ3v) is 5.60. The number of nitrogens with zero attached hydrogens (tertiary/aromatic N) is 1. The van der Waals surface area contributed by atoms with Crippen LogP contribution in [0.15, 0.2) is 27.9 Å². The average Bonchev–Trinajstić information content (AvgIpc) is 3.26. The molecule has 0 spiro atoms. The second-order valence-corrected chi connectivity index (χ2v) is 8.20. The number of carboxylic acid groups (broad SMARTS) is 1. The second kappa shape index (κ2) is 11.1. The zero-order valence-corrected chi connectivity index (χ0v) is 17.3. The Bertz CT molecular complexity index is 741. The topological polar surface area (TPSA) is 178 Å². The molecule has 0 fully saturated rings. The maximum Gasteiger partial charge on any atom is 0.344 e. The van der Waals surface area contributed by atoms with Gasteiger partial charge in [-0.25, -0.2) is 9.59 Å². The predicted molar refractivity (Wildman–Crippen MR) is 110 cm³/mol. The van der Waals surface area contributed by atoms with Crippen molar-refractivity contribution in [3.05, 3.63) is 22.8 Å². The molecule has 7 N–H and O–H groups in total. The van der Waals surface area contributed by atoms with Crippen LogP contribution in [-0.4, -0.2) is 64.5 Å². The predicted octanol–water partition coefficient (Wildman–Crippen LogP) is -0.740. The maximum atomic E-state index is 12.5. The van der Waals surface area contributed by atoms with E-state index < -0.39 is 29.4 Å². The number of carbonyl (C=O) groups is 3. The zero-order chi connectivity index (χ0) is 21.4. The molecule has 0 aliphatic carbocycles. The quantitative estimate of drug-likeness (QED) is 0.117. The number of esters is 1. The molecule has 160 valence electrons. The number of carboxylic acids is 1. The molecule has 0 aromatic rings. The highest BCUT2D eigenvalue weighted by molar-refractivity contribution is 8.02. The van der Waals surface area contributed by atoms with Gasteiger partial charge in [0, 0.05) is 23.8 Å². The molecule has 0 bridgehead atoms. The number of nitrogens with one attached hydrogen (secondary N) is 2. The van der Waals surface area contributed by atoms with Crippen molar-refractivity contribution in [3.8, 4) is 0 Å². The Kier molecular flexibility index (Phi) is 8.82. The van der Waals surface area contributed by atoms with Gasteiger partial charge in [-0.05, 0) is 12.0 Å². The summed E-state index contributed by atoms with van der Waals surface area (Å²) in [7, 11) is 0. The van der Waals surface area contributed by atoms with Gasteiger partial charge in [0.15, 0.2) is 5.71 Å². The van der Waals surface area contributed by atoms with Crippen molar-refractivity contribution < 1.29 is 29.1 Å². The third kappa shape index (κ3) is 7.27. The molecule has 0 saturated heterocycles. The van der Waals surface area contributed by atoms with Gasteiger partial charge in [0.05, 0.1) is 11.1 Å². The number of ether oxygens (including phenoxy) is 1. The number of carbonyl (C=O) groups excluding carboxylic acids is 2. The van der Waals surface area contributed by atoms with Gasteiger partial charge < -0.3 is 36.8 Å². The number of rotatable bonds is 11. The highest BCUT2D eigenvalue weighted by Gasteiger charge is 2.26. The maximum absolute atomic E-state index is 12.5. The Morgan fingerprint density at radius 2 is 2.31 bits per heavy atom. The first kappa shape index (κ1) is 23.1. The Hall–Kier alpha value is -2.22. The fourth-order valence-corrected chi connectivity index (χ4v) is 3.90. The van der Waals surface area contributed by atoms with Crippen LogP contribution in [0.25, 0.3) is 0 Å². The van der Waals surface area contributed by atoms with Gasteiger partial charge in [-0.15, -0.1) is 11.8 Å². The number of amides is 1. The van der Waals surface area contributed by atoms with E-state index in [1.165, 1.54) is 29.6 Å². The van der Waals surface area contributed by atoms with Crippen LogP contribution in [0.4, 0.5) is 0 Å². The molecule has 29 heavy (non-hydrogen) atoms. The van der Waals surface area contributed by atoms with Crippen LogP contribution in [0.1, 0.15) is 13.3 Å². The molecule has 3 unspecified atom stereocenters. The second-order valence-electron chi connectivity index (χ2n) is 5.95. The molecule has 0 radical (unpaired) electrons. The van der Waals surface area contributed by atoms with E-state index in [0.29, 0.717) is 17.9 Å². The van der Waals surface area contributed by atoms with Crippen molar-refractivity contribution in [1.29, 1.82) is 0 Å². The molecule has 2 aliphatic rings. The van der Waals surface area contributed by atoms with Gasteiger partial charge in [-0.2, -0.15) is 0 Å². The van der Waals surface area contributed by atoms with Gasteiger partial charge in [0.1, 0.15) is 11.6 Å². The minimum absolute atomic E-state index is 0.118. The first-order chi connectivity index (χ1) is 13.8. The van der Waals surface area contributed by atoms with Crippen LogP contribution < -0.4 is 22.1 Å². The fourth-order valence-electron chi connectivity index (χ4n) is 2.37. The normalized spacial score (nSPS) is 22.3. The summed E-state index contributed by atoms with van der Waals surface area (Å²) in [6.45, 7) is 1.35. The number of thioether (sulfide) groups is 2. The van der Waals surface area contributed by atoms with E-state index in [9.17, 15) is 14.4 Å². The Morgan fingerprint density at radius 1 is 1.55 bits per heavy atom. The number of aliphatic carboxylic acids is 1. The van der Waals surface area contributed by atoms with E-state index >= 15 is 0 Å². The van der Waals surface area contributed by atoms with Crippen LogP contribution in [0.5, 0.6) is 0 Å². The smallest absolute Gasteiger partial charge is 0.344 e. The summed E-state index contributed by atoms with van der Waals surface area (Å²) in [4.78, 5) is 39.1. The van der Waals surface area contributed by atoms with Crippen molar-refractivity contribution in [2.45, 2.75) is 30.3 Å². The van der Waals surface area contributed by atoms with Gasteiger partial charge in [-0.3, -0.25) is 4.79 Å². The van der Waals surface area contributed by atoms with Gasteiger partial charge in [-0.1, -0.05) is 23.8 Å². The summed E-state index contributed by atoms with van der Waals surface area (Å²) in [6, 6.07) is 0. The van der Waals surface area contributed by atoms with Gasteiger partial charge >= 0.3 is 11.9 Å². The lowest BCUT2D eigenvalue weighted by Crippen LogP contribution is -2.42. The van der Waals surface area contributed by atoms with Gasteiger partial charge in [0.2, 0.25) is 6.61 Å². The third-order valence-electron chi connectivity index (χ3n) is 3.72. The molecule has 0 aromatic heterocycles. The zero-order valence-electron chi connectivity index (χ0n) is 15.6. The van der Waals surface area contributed by atoms with Crippen molar-refractivity contribution in [2.75, 3.05) is 18.9 Å². The minimum atomic E-state index is -1.22. The lowest BCUT2D eigenvalue weighted by atomic mass is 10.1. The Labute approximate surface area is 175 Å². The number of hydrogen-bond donors (Lipinski definition) is 5. The average molecular weight is 446 g/mol. The standard InChI is InChI=1S/C16H23N5O6S2/c1-2-10-8(3-13(24)27-10)6-28-11(17)4-19-15(25)14(21-26-5-12(22)23)9-7-29-16(18)20-9/h3,7,10-11,16,20H,2,4-6,17-18H2,1H3,(H,19,25)(H,22,23)/b21-14-. The van der Waals surface area contributed by atoms with Crippen molar-refractivity contribution in [3.63, 3.8) is 0 Å². The molecule has 0 aromatic carbocycles. The summed E-state index contributed by atoms with van der Waals surface area (Å²) < 4.78 is 5.15. The van der Waals surface area contributed by atoms with Crippen molar-refractivity contribution >= 4 is 47.1 Å². The molecule has 11 nitrogen and oxygen atoms in total. The highest BCUT2D eigenvalue weighted by atomic mass is 32.2. The Balaban J connectivity index is 1.87. The fraction of sp³-hybridized carbons (Fsp3) is 0.500. The Morgan fingerprint density at radius 3 is 2.93 bits per heavy atom. The monoisotopic (exact) mass is 445 g/mol. The first-order valence-corrected chi connectivity index (χ1v) is 10.7. The summed E-state index contributed by atoms with van der Waals surface area (Å²) in [5.74, 6) is -1.67. The van der Waals surface area contributed by atoms with E-state index in [1.54, 1.807) is 5.41 Å². The summed E-state index contributed by atoms with van der Waals surface area (Å²) >= 11 is 2.60. The lowest BCUT2D eigenvalue weighted by Gasteiger charge is -2.16. The van der Waals surface area contributed by atoms with Crippen molar-refractivity contribution in [1.82, 2.24) is 10.6 Å². The summed E-state index contributed by atoms with van der Waals surface area (Å²) in [5.41, 5.74) is 12.3. The van der Waals surface area contributed by atoms with E-state index in [4.69, 9.17) is 21.3 Å². The molecule has 0 saturated carbocycles. The van der Waals surface area contributed by atoms with E-state index in [-0.39, 0.29) is 24.3 Å². The molecule has 1 amide bonds. The largest absolute Gasteiger partial charge is 0.479 e. The molecular weight excluding hydrogens is 422 g/mol. The number of cyclic esters (lactones) is 1. The SMILES string of the molecule is CCC1OC(=O)C=C1CSC(N)CNC(=O)/C(=N\OCC(=O)O)C1=CSC(N)N1. The van der Waals surface area contributed by atoms with Crippen LogP contribution in [-0.2, 0) is 24.0 Å². The highest BCUT2D eigenvalue weighted by Crippen LogP contribution is 2.23. The van der Waals surface area contributed by atoms with Crippen LogP contribution in [0.2, 0.25) is 0 Å². The number of nitrogens with two attached hydrogens (primary N) is 2. The summed E-state index contributed by atoms with van der Waals surface area (Å²) in [6.07, 6.45) is 1.92.